The lowest BCUT2D eigenvalue weighted by atomic mass is 10.1. The van der Waals surface area contributed by atoms with Gasteiger partial charge in [0.15, 0.2) is 0 Å². The van der Waals surface area contributed by atoms with Crippen LogP contribution in [0.4, 0.5) is 0 Å². The summed E-state index contributed by atoms with van der Waals surface area (Å²) in [6.07, 6.45) is 5.64. The largest absolute Gasteiger partial charge is 0.762 e. The van der Waals surface area contributed by atoms with E-state index in [1.165, 1.54) is 42.5 Å². The van der Waals surface area contributed by atoms with Crippen molar-refractivity contribution in [3.05, 3.63) is 75.5 Å². The Balaban J connectivity index is 1.48. The van der Waals surface area contributed by atoms with E-state index < -0.39 is 29.5 Å². The zero-order chi connectivity index (χ0) is 20.1. The fourth-order valence-corrected chi connectivity index (χ4v) is 2.98. The summed E-state index contributed by atoms with van der Waals surface area (Å²) in [6.45, 7) is 1.34. The van der Waals surface area contributed by atoms with Crippen LogP contribution in [0, 0.1) is 5.21 Å². The third-order valence-electron chi connectivity index (χ3n) is 4.40. The summed E-state index contributed by atoms with van der Waals surface area (Å²) in [6, 6.07) is 4.31. The minimum Gasteiger partial charge on any atom is -0.762 e. The second-order valence-electron chi connectivity index (χ2n) is 6.49. The molecule has 9 nitrogen and oxygen atoms in total. The van der Waals surface area contributed by atoms with Crippen molar-refractivity contribution in [3.8, 4) is 0 Å². The number of nitrogens with zero attached hydrogens (tertiary/aromatic N) is 1. The highest BCUT2D eigenvalue weighted by Gasteiger charge is 2.34. The Kier molecular flexibility index (Phi) is 4.07. The molecule has 0 fully saturated rings. The molecule has 1 aliphatic carbocycles. The number of ether oxygens (including phenoxy) is 2. The molecule has 9 heteroatoms. The number of carbonyl (C=O) groups is 4. The highest BCUT2D eigenvalue weighted by molar-refractivity contribution is 6.16. The molecule has 2 heterocycles. The maximum Gasteiger partial charge on any atom is 0.346 e. The molecule has 0 N–H and O–H groups in total. The van der Waals surface area contributed by atoms with E-state index in [0.717, 1.165) is 0 Å². The van der Waals surface area contributed by atoms with Crippen LogP contribution >= 0.6 is 0 Å². The first-order valence-electron chi connectivity index (χ1n) is 8.18. The first kappa shape index (κ1) is 18.0. The van der Waals surface area contributed by atoms with Gasteiger partial charge < -0.3 is 14.7 Å². The molecule has 0 radical (unpaired) electrons. The number of hydrogen-bond donors (Lipinski definition) is 0. The monoisotopic (exact) mass is 382 g/mol. The van der Waals surface area contributed by atoms with Gasteiger partial charge in [0.25, 0.3) is 0 Å². The van der Waals surface area contributed by atoms with E-state index in [1.54, 1.807) is 6.92 Å². The Bertz CT molecular complexity index is 998. The fraction of sp³-hybridized carbons (Fsp3) is 0.158. The molecule has 0 atom stereocenters. The van der Waals surface area contributed by atoms with E-state index in [0.29, 0.717) is 10.8 Å². The molecule has 0 saturated carbocycles. The summed E-state index contributed by atoms with van der Waals surface area (Å²) < 4.78 is 9.02. The van der Waals surface area contributed by atoms with Gasteiger partial charge in [0.05, 0.1) is 22.3 Å². The van der Waals surface area contributed by atoms with Gasteiger partial charge in [-0.1, -0.05) is 6.07 Å². The lowest BCUT2D eigenvalue weighted by molar-refractivity contribution is -0.180. The van der Waals surface area contributed by atoms with Crippen molar-refractivity contribution in [2.75, 3.05) is 0 Å². The third kappa shape index (κ3) is 3.07. The number of carbonyl (C=O) groups excluding carboxylic acids is 4. The summed E-state index contributed by atoms with van der Waals surface area (Å²) in [5, 5.41) is 12.6. The summed E-state index contributed by atoms with van der Waals surface area (Å²) in [5.41, 5.74) is -0.372. The van der Waals surface area contributed by atoms with E-state index in [2.05, 4.69) is 9.47 Å². The number of hydrogen-bond acceptors (Lipinski definition) is 9. The average molecular weight is 382 g/mol. The Labute approximate surface area is 158 Å². The number of rotatable bonds is 4. The van der Waals surface area contributed by atoms with Crippen LogP contribution in [0.15, 0.2) is 53.6 Å². The van der Waals surface area contributed by atoms with Crippen molar-refractivity contribution in [1.29, 1.82) is 0 Å². The number of fused-ring (bicyclic) bond motifs is 1. The second-order valence-corrected chi connectivity index (χ2v) is 6.49. The van der Waals surface area contributed by atoms with Crippen molar-refractivity contribution in [2.45, 2.75) is 19.1 Å². The lowest BCUT2D eigenvalue weighted by Crippen LogP contribution is -2.32. The summed E-state index contributed by atoms with van der Waals surface area (Å²) in [5.74, 6) is -3.01. The molecule has 1 aromatic rings. The van der Waals surface area contributed by atoms with Crippen LogP contribution in [-0.2, 0) is 30.4 Å². The van der Waals surface area contributed by atoms with Gasteiger partial charge in [0.1, 0.15) is 5.60 Å². The van der Waals surface area contributed by atoms with Crippen molar-refractivity contribution in [2.24, 2.45) is 0 Å². The van der Waals surface area contributed by atoms with Crippen LogP contribution in [0.25, 0.3) is 0 Å². The zero-order valence-electron chi connectivity index (χ0n) is 14.5. The van der Waals surface area contributed by atoms with Crippen LogP contribution in [0.1, 0.15) is 33.2 Å². The molecule has 1 aromatic carbocycles. The van der Waals surface area contributed by atoms with Gasteiger partial charge in [0.2, 0.25) is 0 Å². The van der Waals surface area contributed by atoms with Crippen molar-refractivity contribution < 1.29 is 33.5 Å². The summed E-state index contributed by atoms with van der Waals surface area (Å²) >= 11 is 0. The molecule has 4 rings (SSSR count). The van der Waals surface area contributed by atoms with Gasteiger partial charge in [0, 0.05) is 6.54 Å². The third-order valence-corrected chi connectivity index (χ3v) is 4.40. The maximum absolute atomic E-state index is 12.3. The molecule has 142 valence electrons. The molecule has 0 saturated heterocycles. The number of hydroxylamine groups is 2. The predicted octanol–water partition coefficient (Wildman–Crippen LogP) is 1.49. The summed E-state index contributed by atoms with van der Waals surface area (Å²) in [7, 11) is 0. The molecule has 0 unspecified atom stereocenters. The Morgan fingerprint density at radius 2 is 1.50 bits per heavy atom. The Morgan fingerprint density at radius 1 is 0.929 bits per heavy atom. The Hall–Kier alpha value is -3.40. The molecule has 28 heavy (non-hydrogen) atoms. The molecule has 0 amide bonds. The van der Waals surface area contributed by atoms with Gasteiger partial charge in [-0.05, 0) is 48.9 Å². The van der Waals surface area contributed by atoms with E-state index in [1.807, 2.05) is 0 Å². The van der Waals surface area contributed by atoms with Crippen molar-refractivity contribution in [3.63, 3.8) is 0 Å². The highest BCUT2D eigenvalue weighted by atomic mass is 16.9. The first-order valence-corrected chi connectivity index (χ1v) is 8.18. The van der Waals surface area contributed by atoms with Gasteiger partial charge in [-0.25, -0.2) is 19.2 Å². The normalized spacial score (nSPS) is 19.7. The molecular formula is C19H12NO8-. The molecule has 2 aliphatic heterocycles. The fourth-order valence-electron chi connectivity index (χ4n) is 2.98. The minimum atomic E-state index is -1.22. The zero-order valence-corrected chi connectivity index (χ0v) is 14.5. The van der Waals surface area contributed by atoms with Gasteiger partial charge in [-0.3, -0.25) is 10.1 Å². The van der Waals surface area contributed by atoms with Crippen LogP contribution in [0.5, 0.6) is 0 Å². The first-order chi connectivity index (χ1) is 13.3. The number of cyclic esters (lactones) is 4. The van der Waals surface area contributed by atoms with Crippen LogP contribution in [0.2, 0.25) is 0 Å². The van der Waals surface area contributed by atoms with E-state index in [-0.39, 0.29) is 28.8 Å². The predicted molar refractivity (Wildman–Crippen MR) is 91.0 cm³/mol. The van der Waals surface area contributed by atoms with Crippen molar-refractivity contribution >= 4 is 23.9 Å². The van der Waals surface area contributed by atoms with Gasteiger partial charge >= 0.3 is 23.9 Å². The van der Waals surface area contributed by atoms with Crippen molar-refractivity contribution in [1.82, 2.24) is 5.23 Å². The van der Waals surface area contributed by atoms with E-state index in [4.69, 9.17) is 4.84 Å². The number of benzene rings is 1. The van der Waals surface area contributed by atoms with Crippen LogP contribution in [0.3, 0.4) is 0 Å². The minimum absolute atomic E-state index is 0.0906. The van der Waals surface area contributed by atoms with E-state index >= 15 is 0 Å². The second kappa shape index (κ2) is 6.34. The number of esters is 4. The quantitative estimate of drug-likeness (QED) is 0.433. The van der Waals surface area contributed by atoms with Crippen LogP contribution in [-0.4, -0.2) is 34.7 Å². The molecule has 0 bridgehead atoms. The average Bonchev–Trinajstić information content (AvgIpc) is 2.97. The highest BCUT2D eigenvalue weighted by Crippen LogP contribution is 2.28. The van der Waals surface area contributed by atoms with Gasteiger partial charge in [-0.15, -0.1) is 0 Å². The van der Waals surface area contributed by atoms with Gasteiger partial charge in [-0.2, -0.15) is 0 Å². The van der Waals surface area contributed by atoms with E-state index in [9.17, 15) is 24.4 Å². The summed E-state index contributed by atoms with van der Waals surface area (Å²) in [4.78, 5) is 51.7. The lowest BCUT2D eigenvalue weighted by Gasteiger charge is -2.35. The molecule has 0 spiro atoms. The topological polar surface area (TPSA) is 122 Å². The standard InChI is InChI=1S/C19H12NO8/c1-19(6-4-12-13(5-7-19)17(23)26-16(12)22)28-20(25)9-10-2-3-11-14(8-10)18(24)27-15(11)21/h2-8H,9H2,1H3/q-1. The maximum atomic E-state index is 12.3. The molecule has 0 aromatic heterocycles. The molecule has 3 aliphatic rings. The smallest absolute Gasteiger partial charge is 0.346 e. The Morgan fingerprint density at radius 3 is 2.14 bits per heavy atom. The molecular weight excluding hydrogens is 370 g/mol. The SMILES string of the molecule is CC1(ON([O-])Cc2ccc3c(c2)C(=O)OC3=O)C=CC2=C(C=C1)C(=O)OC2=O. The van der Waals surface area contributed by atoms with Crippen LogP contribution < -0.4 is 0 Å².